The number of hydrogen-bond acceptors (Lipinski definition) is 2. The number of rotatable bonds is 4. The highest BCUT2D eigenvalue weighted by molar-refractivity contribution is 6.17. The zero-order valence-electron chi connectivity index (χ0n) is 11.5. The predicted molar refractivity (Wildman–Crippen MR) is 79.1 cm³/mol. The molecule has 100 valence electrons. The van der Waals surface area contributed by atoms with Gasteiger partial charge in [0.15, 0.2) is 0 Å². The molecular formula is C16H18ClNO. The minimum absolute atomic E-state index is 0.415. The highest BCUT2D eigenvalue weighted by Gasteiger charge is 2.09. The van der Waals surface area contributed by atoms with Gasteiger partial charge in [-0.1, -0.05) is 32.0 Å². The summed E-state index contributed by atoms with van der Waals surface area (Å²) in [7, 11) is 0. The molecule has 2 nitrogen and oxygen atoms in total. The Morgan fingerprint density at radius 3 is 2.58 bits per heavy atom. The Morgan fingerprint density at radius 1 is 1.21 bits per heavy atom. The van der Waals surface area contributed by atoms with Crippen molar-refractivity contribution in [1.82, 2.24) is 4.98 Å². The van der Waals surface area contributed by atoms with Crippen LogP contribution in [0.4, 0.5) is 0 Å². The van der Waals surface area contributed by atoms with Gasteiger partial charge < -0.3 is 4.74 Å². The Labute approximate surface area is 119 Å². The van der Waals surface area contributed by atoms with Crippen LogP contribution in [0.15, 0.2) is 36.5 Å². The van der Waals surface area contributed by atoms with Gasteiger partial charge in [-0.05, 0) is 35.6 Å². The molecule has 2 aromatic rings. The normalized spacial score (nSPS) is 10.8. The number of aryl methyl sites for hydroxylation is 1. The number of hydrogen-bond donors (Lipinski definition) is 0. The van der Waals surface area contributed by atoms with Gasteiger partial charge in [0.05, 0.1) is 0 Å². The maximum atomic E-state index is 5.90. The first kappa shape index (κ1) is 13.9. The highest BCUT2D eigenvalue weighted by atomic mass is 35.5. The molecule has 0 unspecified atom stereocenters. The van der Waals surface area contributed by atoms with E-state index in [1.807, 2.05) is 18.2 Å². The van der Waals surface area contributed by atoms with Crippen LogP contribution in [0.5, 0.6) is 11.6 Å². The summed E-state index contributed by atoms with van der Waals surface area (Å²) < 4.78 is 5.90. The summed E-state index contributed by atoms with van der Waals surface area (Å²) in [4.78, 5) is 4.27. The van der Waals surface area contributed by atoms with E-state index in [0.29, 0.717) is 17.7 Å². The van der Waals surface area contributed by atoms with Gasteiger partial charge in [-0.25, -0.2) is 4.98 Å². The summed E-state index contributed by atoms with van der Waals surface area (Å²) in [6.45, 7) is 6.37. The first-order valence-corrected chi connectivity index (χ1v) is 6.93. The molecule has 0 amide bonds. The predicted octanol–water partition coefficient (Wildman–Crippen LogP) is 5.04. The van der Waals surface area contributed by atoms with Crippen LogP contribution in [-0.4, -0.2) is 4.98 Å². The Bertz CT molecular complexity index is 549. The molecule has 0 fully saturated rings. The van der Waals surface area contributed by atoms with E-state index in [9.17, 15) is 0 Å². The molecule has 0 radical (unpaired) electrons. The third-order valence-electron chi connectivity index (χ3n) is 2.96. The van der Waals surface area contributed by atoms with Crippen LogP contribution in [0.2, 0.25) is 0 Å². The number of pyridine rings is 1. The van der Waals surface area contributed by atoms with Gasteiger partial charge in [-0.3, -0.25) is 0 Å². The molecular weight excluding hydrogens is 258 g/mol. The van der Waals surface area contributed by atoms with E-state index in [0.717, 1.165) is 11.3 Å². The molecule has 0 spiro atoms. The average molecular weight is 276 g/mol. The molecule has 0 aliphatic carbocycles. The van der Waals surface area contributed by atoms with Crippen molar-refractivity contribution in [1.29, 1.82) is 0 Å². The second kappa shape index (κ2) is 6.07. The average Bonchev–Trinajstić information content (AvgIpc) is 2.39. The Hall–Kier alpha value is -1.54. The van der Waals surface area contributed by atoms with Gasteiger partial charge in [-0.15, -0.1) is 11.6 Å². The van der Waals surface area contributed by atoms with Crippen LogP contribution in [-0.2, 0) is 5.88 Å². The molecule has 0 saturated carbocycles. The van der Waals surface area contributed by atoms with Crippen LogP contribution in [0, 0.1) is 6.92 Å². The second-order valence-corrected chi connectivity index (χ2v) is 5.20. The van der Waals surface area contributed by atoms with Crippen molar-refractivity contribution in [2.24, 2.45) is 0 Å². The largest absolute Gasteiger partial charge is 0.439 e. The molecule has 0 bridgehead atoms. The van der Waals surface area contributed by atoms with Gasteiger partial charge in [-0.2, -0.15) is 0 Å². The Kier molecular flexibility index (Phi) is 4.43. The topological polar surface area (TPSA) is 22.1 Å². The minimum atomic E-state index is 0.415. The van der Waals surface area contributed by atoms with E-state index >= 15 is 0 Å². The summed E-state index contributed by atoms with van der Waals surface area (Å²) in [6, 6.07) is 10.0. The van der Waals surface area contributed by atoms with E-state index in [1.54, 1.807) is 6.20 Å². The number of halogens is 1. The van der Waals surface area contributed by atoms with Crippen LogP contribution in [0.3, 0.4) is 0 Å². The first-order valence-electron chi connectivity index (χ1n) is 6.39. The zero-order valence-corrected chi connectivity index (χ0v) is 12.2. The third kappa shape index (κ3) is 3.48. The van der Waals surface area contributed by atoms with Crippen molar-refractivity contribution in [2.45, 2.75) is 32.6 Å². The lowest BCUT2D eigenvalue weighted by Crippen LogP contribution is -1.96. The van der Waals surface area contributed by atoms with Crippen molar-refractivity contribution >= 4 is 11.6 Å². The lowest BCUT2D eigenvalue weighted by molar-refractivity contribution is 0.454. The summed E-state index contributed by atoms with van der Waals surface area (Å²) in [6.07, 6.45) is 1.74. The molecule has 0 aliphatic rings. The molecule has 1 aromatic heterocycles. The molecule has 0 atom stereocenters. The van der Waals surface area contributed by atoms with Crippen LogP contribution in [0.25, 0.3) is 0 Å². The number of benzene rings is 1. The van der Waals surface area contributed by atoms with E-state index in [-0.39, 0.29) is 0 Å². The molecule has 19 heavy (non-hydrogen) atoms. The summed E-state index contributed by atoms with van der Waals surface area (Å²) in [5.74, 6) is 2.36. The molecule has 0 saturated heterocycles. The zero-order chi connectivity index (χ0) is 13.8. The molecule has 3 heteroatoms. The summed E-state index contributed by atoms with van der Waals surface area (Å²) >= 11 is 5.75. The summed E-state index contributed by atoms with van der Waals surface area (Å²) in [5.41, 5.74) is 3.35. The second-order valence-electron chi connectivity index (χ2n) is 4.94. The number of aromatic nitrogens is 1. The van der Waals surface area contributed by atoms with Gasteiger partial charge in [0.2, 0.25) is 5.88 Å². The first-order chi connectivity index (χ1) is 9.10. The lowest BCUT2D eigenvalue weighted by atomic mass is 10.0. The molecule has 0 N–H and O–H groups in total. The quantitative estimate of drug-likeness (QED) is 0.729. The molecule has 2 rings (SSSR count). The van der Waals surface area contributed by atoms with E-state index in [2.05, 4.69) is 37.9 Å². The molecule has 0 aliphatic heterocycles. The van der Waals surface area contributed by atoms with E-state index in [1.165, 1.54) is 11.1 Å². The van der Waals surface area contributed by atoms with E-state index in [4.69, 9.17) is 16.3 Å². The fourth-order valence-corrected chi connectivity index (χ4v) is 2.03. The van der Waals surface area contributed by atoms with Gasteiger partial charge in [0, 0.05) is 18.1 Å². The van der Waals surface area contributed by atoms with Crippen molar-refractivity contribution in [3.63, 3.8) is 0 Å². The van der Waals surface area contributed by atoms with Crippen LogP contribution < -0.4 is 4.74 Å². The minimum Gasteiger partial charge on any atom is -0.439 e. The van der Waals surface area contributed by atoms with Crippen LogP contribution in [0.1, 0.15) is 36.5 Å². The standard InChI is InChI=1S/C16H18ClNO/c1-11(2)14-6-4-12(3)8-15(14)19-16-7-5-13(9-17)10-18-16/h4-8,10-11H,9H2,1-3H3. The van der Waals surface area contributed by atoms with Crippen molar-refractivity contribution < 1.29 is 4.74 Å². The summed E-state index contributed by atoms with van der Waals surface area (Å²) in [5, 5.41) is 0. The maximum absolute atomic E-state index is 5.90. The van der Waals surface area contributed by atoms with Crippen molar-refractivity contribution in [3.05, 3.63) is 53.2 Å². The fourth-order valence-electron chi connectivity index (χ4n) is 1.87. The number of ether oxygens (including phenoxy) is 1. The van der Waals surface area contributed by atoms with Crippen molar-refractivity contribution in [3.8, 4) is 11.6 Å². The molecule has 1 aromatic carbocycles. The number of alkyl halides is 1. The third-order valence-corrected chi connectivity index (χ3v) is 3.27. The maximum Gasteiger partial charge on any atom is 0.219 e. The van der Waals surface area contributed by atoms with Gasteiger partial charge in [0.25, 0.3) is 0 Å². The van der Waals surface area contributed by atoms with E-state index < -0.39 is 0 Å². The number of nitrogens with zero attached hydrogens (tertiary/aromatic N) is 1. The highest BCUT2D eigenvalue weighted by Crippen LogP contribution is 2.30. The molecule has 1 heterocycles. The van der Waals surface area contributed by atoms with Crippen molar-refractivity contribution in [2.75, 3.05) is 0 Å². The SMILES string of the molecule is Cc1ccc(C(C)C)c(Oc2ccc(CCl)cn2)c1. The monoisotopic (exact) mass is 275 g/mol. The Morgan fingerprint density at radius 2 is 2.00 bits per heavy atom. The van der Waals surface area contributed by atoms with Crippen LogP contribution >= 0.6 is 11.6 Å². The lowest BCUT2D eigenvalue weighted by Gasteiger charge is -2.14. The van der Waals surface area contributed by atoms with Gasteiger partial charge >= 0.3 is 0 Å². The van der Waals surface area contributed by atoms with Gasteiger partial charge in [0.1, 0.15) is 5.75 Å². The smallest absolute Gasteiger partial charge is 0.219 e. The fraction of sp³-hybridized carbons (Fsp3) is 0.312. The Balaban J connectivity index is 2.28.